The third-order valence-corrected chi connectivity index (χ3v) is 3.25. The lowest BCUT2D eigenvalue weighted by molar-refractivity contribution is 0.586. The Hall–Kier alpha value is -1.16. The van der Waals surface area contributed by atoms with Gasteiger partial charge in [-0.05, 0) is 12.8 Å². The van der Waals surface area contributed by atoms with Crippen molar-refractivity contribution in [2.75, 3.05) is 18.0 Å². The number of unbranched alkanes of at least 4 members (excludes halogenated alkanes) is 2. The van der Waals surface area contributed by atoms with Crippen molar-refractivity contribution < 1.29 is 0 Å². The number of nitrogens with zero attached hydrogens (tertiary/aromatic N) is 3. The highest BCUT2D eigenvalue weighted by Crippen LogP contribution is 2.10. The lowest BCUT2D eigenvalue weighted by Gasteiger charge is -2.22. The first-order valence-electron chi connectivity index (χ1n) is 7.96. The second kappa shape index (κ2) is 9.70. The Morgan fingerprint density at radius 2 is 1.60 bits per heavy atom. The van der Waals surface area contributed by atoms with Gasteiger partial charge in [-0.3, -0.25) is 0 Å². The third kappa shape index (κ3) is 6.33. The van der Waals surface area contributed by atoms with Gasteiger partial charge in [0.25, 0.3) is 0 Å². The summed E-state index contributed by atoms with van der Waals surface area (Å²) in [6.45, 7) is 11.7. The highest BCUT2D eigenvalue weighted by atomic mass is 15.2. The van der Waals surface area contributed by atoms with E-state index in [4.69, 9.17) is 0 Å². The lowest BCUT2D eigenvalue weighted by atomic mass is 10.2. The summed E-state index contributed by atoms with van der Waals surface area (Å²) in [4.78, 5) is 11.4. The van der Waals surface area contributed by atoms with Gasteiger partial charge in [-0.15, -0.1) is 0 Å². The van der Waals surface area contributed by atoms with Crippen molar-refractivity contribution in [1.29, 1.82) is 0 Å². The number of rotatable bonds is 10. The fourth-order valence-corrected chi connectivity index (χ4v) is 1.93. The van der Waals surface area contributed by atoms with Crippen LogP contribution in [0.3, 0.4) is 0 Å². The number of nitrogens with one attached hydrogen (secondary N) is 1. The van der Waals surface area contributed by atoms with E-state index in [1.807, 2.05) is 12.4 Å². The number of aromatic nitrogens is 2. The number of anilines is 1. The van der Waals surface area contributed by atoms with Crippen molar-refractivity contribution in [3.63, 3.8) is 0 Å². The molecule has 1 aromatic heterocycles. The molecule has 0 amide bonds. The van der Waals surface area contributed by atoms with Crippen LogP contribution in [-0.4, -0.2) is 29.1 Å². The molecule has 114 valence electrons. The van der Waals surface area contributed by atoms with Gasteiger partial charge in [0, 0.05) is 43.6 Å². The average molecular weight is 278 g/mol. The molecule has 1 aromatic rings. The second-order valence-corrected chi connectivity index (χ2v) is 5.62. The van der Waals surface area contributed by atoms with E-state index < -0.39 is 0 Å². The van der Waals surface area contributed by atoms with Gasteiger partial charge < -0.3 is 10.2 Å². The summed E-state index contributed by atoms with van der Waals surface area (Å²) in [7, 11) is 0. The van der Waals surface area contributed by atoms with Crippen LogP contribution in [0.25, 0.3) is 0 Å². The summed E-state index contributed by atoms with van der Waals surface area (Å²) < 4.78 is 0. The molecule has 0 bridgehead atoms. The zero-order chi connectivity index (χ0) is 14.8. The Balaban J connectivity index is 2.61. The minimum atomic E-state index is 0.486. The van der Waals surface area contributed by atoms with Crippen molar-refractivity contribution in [3.05, 3.63) is 18.0 Å². The van der Waals surface area contributed by atoms with Crippen LogP contribution < -0.4 is 10.2 Å². The molecule has 0 atom stereocenters. The molecule has 1 rings (SSSR count). The molecule has 4 nitrogen and oxygen atoms in total. The molecular formula is C16H30N4. The van der Waals surface area contributed by atoms with E-state index in [1.165, 1.54) is 25.7 Å². The van der Waals surface area contributed by atoms with Crippen molar-refractivity contribution in [2.24, 2.45) is 0 Å². The monoisotopic (exact) mass is 278 g/mol. The Morgan fingerprint density at radius 3 is 2.05 bits per heavy atom. The van der Waals surface area contributed by atoms with Crippen LogP contribution in [0.4, 0.5) is 5.95 Å². The van der Waals surface area contributed by atoms with Crippen molar-refractivity contribution in [3.8, 4) is 0 Å². The highest BCUT2D eigenvalue weighted by molar-refractivity contribution is 5.29. The summed E-state index contributed by atoms with van der Waals surface area (Å²) in [5, 5.41) is 3.39. The molecule has 0 aliphatic carbocycles. The van der Waals surface area contributed by atoms with Crippen LogP contribution in [0.2, 0.25) is 0 Å². The van der Waals surface area contributed by atoms with Crippen LogP contribution in [0.15, 0.2) is 12.4 Å². The summed E-state index contributed by atoms with van der Waals surface area (Å²) >= 11 is 0. The molecule has 1 N–H and O–H groups in total. The Bertz CT molecular complexity index is 340. The summed E-state index contributed by atoms with van der Waals surface area (Å²) in [5.74, 6) is 0.875. The molecule has 0 radical (unpaired) electrons. The average Bonchev–Trinajstić information content (AvgIpc) is 2.46. The Kier molecular flexibility index (Phi) is 8.19. The van der Waals surface area contributed by atoms with E-state index in [0.717, 1.165) is 31.1 Å². The van der Waals surface area contributed by atoms with E-state index in [2.05, 4.69) is 47.9 Å². The van der Waals surface area contributed by atoms with Crippen LogP contribution in [0, 0.1) is 0 Å². The minimum absolute atomic E-state index is 0.486. The molecule has 4 heteroatoms. The quantitative estimate of drug-likeness (QED) is 0.712. The van der Waals surface area contributed by atoms with Gasteiger partial charge in [0.05, 0.1) is 0 Å². The largest absolute Gasteiger partial charge is 0.341 e. The fourth-order valence-electron chi connectivity index (χ4n) is 1.93. The molecule has 0 spiro atoms. The maximum Gasteiger partial charge on any atom is 0.225 e. The molecular weight excluding hydrogens is 248 g/mol. The molecule has 1 heterocycles. The van der Waals surface area contributed by atoms with E-state index in [1.54, 1.807) is 0 Å². The van der Waals surface area contributed by atoms with Gasteiger partial charge in [-0.1, -0.05) is 40.5 Å². The zero-order valence-electron chi connectivity index (χ0n) is 13.5. The zero-order valence-corrected chi connectivity index (χ0v) is 13.5. The highest BCUT2D eigenvalue weighted by Gasteiger charge is 2.08. The van der Waals surface area contributed by atoms with Crippen molar-refractivity contribution >= 4 is 5.95 Å². The van der Waals surface area contributed by atoms with Gasteiger partial charge >= 0.3 is 0 Å². The molecule has 0 fully saturated rings. The molecule has 0 aromatic carbocycles. The maximum absolute atomic E-state index is 4.54. The van der Waals surface area contributed by atoms with Crippen molar-refractivity contribution in [2.45, 2.75) is 66.0 Å². The Morgan fingerprint density at radius 1 is 1.05 bits per heavy atom. The first-order chi connectivity index (χ1) is 9.67. The molecule has 0 unspecified atom stereocenters. The topological polar surface area (TPSA) is 41.1 Å². The first-order valence-corrected chi connectivity index (χ1v) is 7.96. The summed E-state index contributed by atoms with van der Waals surface area (Å²) in [6, 6.07) is 0.486. The summed E-state index contributed by atoms with van der Waals surface area (Å²) in [6.07, 6.45) is 8.71. The Labute approximate surface area is 124 Å². The van der Waals surface area contributed by atoms with Gasteiger partial charge in [0.1, 0.15) is 0 Å². The molecule has 0 saturated heterocycles. The van der Waals surface area contributed by atoms with Crippen LogP contribution in [0.5, 0.6) is 0 Å². The van der Waals surface area contributed by atoms with Crippen LogP contribution in [0.1, 0.15) is 58.9 Å². The van der Waals surface area contributed by atoms with Gasteiger partial charge in [0.2, 0.25) is 5.95 Å². The van der Waals surface area contributed by atoms with E-state index in [0.29, 0.717) is 6.04 Å². The normalized spacial score (nSPS) is 11.1. The van der Waals surface area contributed by atoms with Crippen molar-refractivity contribution in [1.82, 2.24) is 15.3 Å². The fraction of sp³-hybridized carbons (Fsp3) is 0.750. The lowest BCUT2D eigenvalue weighted by Crippen LogP contribution is -2.28. The third-order valence-electron chi connectivity index (χ3n) is 3.25. The summed E-state index contributed by atoms with van der Waals surface area (Å²) in [5.41, 5.74) is 1.15. The predicted octanol–water partition coefficient (Wildman–Crippen LogP) is 3.38. The number of hydrogen-bond donors (Lipinski definition) is 1. The second-order valence-electron chi connectivity index (χ2n) is 5.62. The molecule has 0 aliphatic rings. The van der Waals surface area contributed by atoms with Crippen LogP contribution >= 0.6 is 0 Å². The van der Waals surface area contributed by atoms with Gasteiger partial charge in [-0.25, -0.2) is 9.97 Å². The molecule has 0 saturated carbocycles. The maximum atomic E-state index is 4.54. The number of hydrogen-bond acceptors (Lipinski definition) is 4. The van der Waals surface area contributed by atoms with E-state index >= 15 is 0 Å². The predicted molar refractivity (Wildman–Crippen MR) is 86.0 cm³/mol. The molecule has 20 heavy (non-hydrogen) atoms. The smallest absolute Gasteiger partial charge is 0.225 e. The van der Waals surface area contributed by atoms with Gasteiger partial charge in [0.15, 0.2) is 0 Å². The van der Waals surface area contributed by atoms with Gasteiger partial charge in [-0.2, -0.15) is 0 Å². The standard InChI is InChI=1S/C16H30N4/c1-5-7-9-20(10-8-6-2)16-18-12-15(13-19-16)11-17-14(3)4/h12-14,17H,5-11H2,1-4H3. The van der Waals surface area contributed by atoms with E-state index in [-0.39, 0.29) is 0 Å². The minimum Gasteiger partial charge on any atom is -0.341 e. The molecule has 0 aliphatic heterocycles. The van der Waals surface area contributed by atoms with Crippen LogP contribution in [-0.2, 0) is 6.54 Å². The SMILES string of the molecule is CCCCN(CCCC)c1ncc(CNC(C)C)cn1. The first kappa shape index (κ1) is 16.9. The van der Waals surface area contributed by atoms with E-state index in [9.17, 15) is 0 Å².